The van der Waals surface area contributed by atoms with Crippen LogP contribution >= 0.6 is 34.4 Å². The monoisotopic (exact) mass is 595 g/mol. The van der Waals surface area contributed by atoms with Crippen molar-refractivity contribution in [1.29, 1.82) is 0 Å². The fourth-order valence-electron chi connectivity index (χ4n) is 2.97. The zero-order valence-electron chi connectivity index (χ0n) is 18.7. The second-order valence-corrected chi connectivity index (χ2v) is 9.47. The molecule has 178 valence electrons. The molecule has 0 aromatic heterocycles. The van der Waals surface area contributed by atoms with Crippen LogP contribution in [-0.4, -0.2) is 47.2 Å². The van der Waals surface area contributed by atoms with E-state index in [-0.39, 0.29) is 16.8 Å². The fourth-order valence-corrected chi connectivity index (χ4v) is 4.41. The number of nitrogens with zero attached hydrogens (tertiary/aromatic N) is 1. The van der Waals surface area contributed by atoms with E-state index in [0.717, 1.165) is 20.2 Å². The molecule has 1 aliphatic heterocycles. The van der Waals surface area contributed by atoms with Gasteiger partial charge in [0, 0.05) is 3.57 Å². The lowest BCUT2D eigenvalue weighted by Crippen LogP contribution is -2.35. The Bertz CT molecular complexity index is 1160. The van der Waals surface area contributed by atoms with E-state index in [0.29, 0.717) is 23.5 Å². The molecule has 0 N–H and O–H groups in total. The zero-order chi connectivity index (χ0) is 24.8. The molecule has 34 heavy (non-hydrogen) atoms. The van der Waals surface area contributed by atoms with Gasteiger partial charge in [-0.15, -0.1) is 0 Å². The predicted octanol–water partition coefficient (Wildman–Crippen LogP) is 4.90. The molecule has 0 aliphatic carbocycles. The van der Waals surface area contributed by atoms with E-state index >= 15 is 0 Å². The zero-order valence-corrected chi connectivity index (χ0v) is 21.7. The molecular weight excluding hydrogens is 573 g/mol. The van der Waals surface area contributed by atoms with E-state index in [1.165, 1.54) is 6.08 Å². The molecule has 3 rings (SSSR count). The van der Waals surface area contributed by atoms with Crippen LogP contribution in [0.5, 0.6) is 11.5 Å². The molecule has 1 heterocycles. The van der Waals surface area contributed by atoms with Crippen LogP contribution in [0, 0.1) is 3.57 Å². The number of thioether (sulfide) groups is 1. The third-order valence-electron chi connectivity index (χ3n) is 4.39. The Kier molecular flexibility index (Phi) is 8.72. The Hall–Kier alpha value is -2.86. The SMILES string of the molecule is CCOc1cc(/C=C2\SC(=O)N(CC(=O)OC(C)C)C2=O)ccc1OC(=O)c1ccccc1I. The van der Waals surface area contributed by atoms with E-state index in [1.54, 1.807) is 57.2 Å². The van der Waals surface area contributed by atoms with Gasteiger partial charge in [0.2, 0.25) is 0 Å². The lowest BCUT2D eigenvalue weighted by atomic mass is 10.1. The van der Waals surface area contributed by atoms with Gasteiger partial charge in [-0.05, 0) is 91.0 Å². The molecule has 0 unspecified atom stereocenters. The lowest BCUT2D eigenvalue weighted by molar-refractivity contribution is -0.149. The van der Waals surface area contributed by atoms with Crippen molar-refractivity contribution >= 4 is 63.5 Å². The number of halogens is 1. The highest BCUT2D eigenvalue weighted by molar-refractivity contribution is 14.1. The first kappa shape index (κ1) is 25.8. The van der Waals surface area contributed by atoms with Gasteiger partial charge in [-0.25, -0.2) is 4.79 Å². The number of hydrogen-bond donors (Lipinski definition) is 0. The lowest BCUT2D eigenvalue weighted by Gasteiger charge is -2.13. The highest BCUT2D eigenvalue weighted by Crippen LogP contribution is 2.35. The van der Waals surface area contributed by atoms with E-state index in [9.17, 15) is 19.2 Å². The minimum atomic E-state index is -0.656. The largest absolute Gasteiger partial charge is 0.490 e. The molecule has 2 aromatic carbocycles. The first-order valence-electron chi connectivity index (χ1n) is 10.4. The van der Waals surface area contributed by atoms with Gasteiger partial charge in [-0.2, -0.15) is 0 Å². The Morgan fingerprint density at radius 1 is 1.12 bits per heavy atom. The van der Waals surface area contributed by atoms with Gasteiger partial charge < -0.3 is 14.2 Å². The minimum Gasteiger partial charge on any atom is -0.490 e. The number of imide groups is 1. The molecule has 0 bridgehead atoms. The van der Waals surface area contributed by atoms with E-state index < -0.39 is 29.6 Å². The van der Waals surface area contributed by atoms with Crippen LogP contribution in [-0.2, 0) is 14.3 Å². The van der Waals surface area contributed by atoms with Crippen molar-refractivity contribution in [2.24, 2.45) is 0 Å². The second kappa shape index (κ2) is 11.5. The molecule has 0 saturated carbocycles. The first-order chi connectivity index (χ1) is 16.2. The van der Waals surface area contributed by atoms with Crippen LogP contribution < -0.4 is 9.47 Å². The number of ether oxygens (including phenoxy) is 3. The first-order valence-corrected chi connectivity index (χ1v) is 12.3. The standard InChI is InChI=1S/C24H22INO7S/c1-4-31-19-11-15(9-10-18(19)33-23(29)16-7-5-6-8-17(16)25)12-20-22(28)26(24(30)34-20)13-21(27)32-14(2)3/h5-12,14H,4,13H2,1-3H3/b20-12-. The molecule has 1 aliphatic rings. The summed E-state index contributed by atoms with van der Waals surface area (Å²) in [7, 11) is 0. The fraction of sp³-hybridized carbons (Fsp3) is 0.250. The molecule has 10 heteroatoms. The highest BCUT2D eigenvalue weighted by atomic mass is 127. The summed E-state index contributed by atoms with van der Waals surface area (Å²) in [6.07, 6.45) is 1.17. The summed E-state index contributed by atoms with van der Waals surface area (Å²) in [6.45, 7) is 5.04. The summed E-state index contributed by atoms with van der Waals surface area (Å²) in [6, 6.07) is 11.9. The van der Waals surface area contributed by atoms with E-state index in [1.807, 2.05) is 6.07 Å². The summed E-state index contributed by atoms with van der Waals surface area (Å²) < 4.78 is 16.9. The highest BCUT2D eigenvalue weighted by Gasteiger charge is 2.36. The Morgan fingerprint density at radius 3 is 2.53 bits per heavy atom. The minimum absolute atomic E-state index is 0.161. The van der Waals surface area contributed by atoms with Gasteiger partial charge in [0.1, 0.15) is 6.54 Å². The molecule has 2 amide bonds. The Morgan fingerprint density at radius 2 is 1.85 bits per heavy atom. The second-order valence-electron chi connectivity index (χ2n) is 7.32. The maximum atomic E-state index is 12.7. The Labute approximate surface area is 214 Å². The van der Waals surface area contributed by atoms with Gasteiger partial charge in [0.05, 0.1) is 23.2 Å². The number of hydrogen-bond acceptors (Lipinski definition) is 8. The van der Waals surface area contributed by atoms with Crippen LogP contribution in [0.2, 0.25) is 0 Å². The van der Waals surface area contributed by atoms with Gasteiger partial charge in [-0.3, -0.25) is 19.3 Å². The number of amides is 2. The number of benzene rings is 2. The summed E-state index contributed by atoms with van der Waals surface area (Å²) in [4.78, 5) is 50.4. The van der Waals surface area contributed by atoms with Gasteiger partial charge in [-0.1, -0.05) is 18.2 Å². The molecule has 1 fully saturated rings. The van der Waals surface area contributed by atoms with Crippen LogP contribution in [0.4, 0.5) is 4.79 Å². The van der Waals surface area contributed by atoms with E-state index in [2.05, 4.69) is 22.6 Å². The maximum absolute atomic E-state index is 12.7. The smallest absolute Gasteiger partial charge is 0.344 e. The molecule has 0 radical (unpaired) electrons. The summed E-state index contributed by atoms with van der Waals surface area (Å²) in [5.41, 5.74) is 0.993. The van der Waals surface area contributed by atoms with Crippen molar-refractivity contribution in [3.63, 3.8) is 0 Å². The summed E-state index contributed by atoms with van der Waals surface area (Å²) >= 11 is 2.79. The maximum Gasteiger partial charge on any atom is 0.344 e. The van der Waals surface area contributed by atoms with Crippen molar-refractivity contribution in [3.8, 4) is 11.5 Å². The van der Waals surface area contributed by atoms with Crippen LogP contribution in [0.1, 0.15) is 36.7 Å². The van der Waals surface area contributed by atoms with Crippen molar-refractivity contribution in [3.05, 3.63) is 62.1 Å². The van der Waals surface area contributed by atoms with Crippen LogP contribution in [0.3, 0.4) is 0 Å². The number of carbonyl (C=O) groups excluding carboxylic acids is 4. The number of esters is 2. The average Bonchev–Trinajstić information content (AvgIpc) is 3.02. The van der Waals surface area contributed by atoms with Crippen molar-refractivity contribution in [2.75, 3.05) is 13.2 Å². The molecule has 1 saturated heterocycles. The van der Waals surface area contributed by atoms with Gasteiger partial charge >= 0.3 is 11.9 Å². The molecule has 2 aromatic rings. The molecule has 0 atom stereocenters. The summed E-state index contributed by atoms with van der Waals surface area (Å²) in [5, 5.41) is -0.551. The third kappa shape index (κ3) is 6.38. The average molecular weight is 595 g/mol. The molecular formula is C24H22INO7S. The third-order valence-corrected chi connectivity index (χ3v) is 6.24. The van der Waals surface area contributed by atoms with Gasteiger partial charge in [0.15, 0.2) is 11.5 Å². The number of rotatable bonds is 8. The van der Waals surface area contributed by atoms with Crippen LogP contribution in [0.15, 0.2) is 47.4 Å². The van der Waals surface area contributed by atoms with E-state index in [4.69, 9.17) is 14.2 Å². The van der Waals surface area contributed by atoms with Gasteiger partial charge in [0.25, 0.3) is 11.1 Å². The van der Waals surface area contributed by atoms with Crippen molar-refractivity contribution in [2.45, 2.75) is 26.9 Å². The van der Waals surface area contributed by atoms with Crippen LogP contribution in [0.25, 0.3) is 6.08 Å². The van der Waals surface area contributed by atoms with Crippen molar-refractivity contribution in [1.82, 2.24) is 4.90 Å². The number of carbonyl (C=O) groups is 4. The summed E-state index contributed by atoms with van der Waals surface area (Å²) in [5.74, 6) is -1.21. The van der Waals surface area contributed by atoms with Crippen molar-refractivity contribution < 1.29 is 33.4 Å². The molecule has 8 nitrogen and oxygen atoms in total. The normalized spacial score (nSPS) is 14.6. The molecule has 0 spiro atoms. The Balaban J connectivity index is 1.80. The topological polar surface area (TPSA) is 99.2 Å². The predicted molar refractivity (Wildman–Crippen MR) is 136 cm³/mol. The quantitative estimate of drug-likeness (QED) is 0.184.